The Labute approximate surface area is 230 Å². The normalized spacial score (nSPS) is 53.3. The lowest BCUT2D eigenvalue weighted by atomic mass is 9.43. The van der Waals surface area contributed by atoms with E-state index in [-0.39, 0.29) is 41.2 Å². The third-order valence-electron chi connectivity index (χ3n) is 12.1. The highest BCUT2D eigenvalue weighted by Crippen LogP contribution is 2.69. The molecule has 0 spiro atoms. The first kappa shape index (κ1) is 27.8. The molecular weight excluding hydrogens is 504 g/mol. The predicted molar refractivity (Wildman–Crippen MR) is 138 cm³/mol. The largest absolute Gasteiger partial charge is 0.458 e. The second-order valence-corrected chi connectivity index (χ2v) is 13.4. The van der Waals surface area contributed by atoms with Gasteiger partial charge in [-0.05, 0) is 94.0 Å². The van der Waals surface area contributed by atoms with Crippen LogP contribution in [-0.2, 0) is 28.5 Å². The molecule has 2 aliphatic heterocycles. The maximum Gasteiger partial charge on any atom is 0.331 e. The van der Waals surface area contributed by atoms with Crippen LogP contribution in [0.4, 0.5) is 0 Å². The molecule has 13 atom stereocenters. The minimum absolute atomic E-state index is 0.0482. The first-order valence-corrected chi connectivity index (χ1v) is 14.8. The summed E-state index contributed by atoms with van der Waals surface area (Å²) in [7, 11) is 1.46. The molecule has 39 heavy (non-hydrogen) atoms. The van der Waals surface area contributed by atoms with Crippen molar-refractivity contribution in [1.82, 2.24) is 0 Å². The Hall–Kier alpha value is -1.36. The highest BCUT2D eigenvalue weighted by molar-refractivity contribution is 5.85. The number of methoxy groups -OCH3 is 1. The molecule has 0 aromatic rings. The SMILES string of the molecule is COC1C(O)[C@H](O[C@@H]2CC[C@]3(C=O)C4CC[C@]5(C)[C@@H](C6=CC(=O)OC6)CC[C@]5(O)C4CC[C@H]3C2)OC(C)[C@@H]1O. The molecule has 9 nitrogen and oxygen atoms in total. The van der Waals surface area contributed by atoms with Gasteiger partial charge in [0.25, 0.3) is 0 Å². The second-order valence-electron chi connectivity index (χ2n) is 13.4. The maximum absolute atomic E-state index is 13.0. The molecule has 0 amide bonds. The average Bonchev–Trinajstić information content (AvgIpc) is 3.47. The van der Waals surface area contributed by atoms with Crippen LogP contribution in [0.2, 0.25) is 0 Å². The number of cyclic esters (lactones) is 1. The molecule has 0 radical (unpaired) electrons. The minimum atomic E-state index is -1.11. The number of aldehydes is 1. The number of hydrogen-bond acceptors (Lipinski definition) is 9. The zero-order chi connectivity index (χ0) is 27.7. The summed E-state index contributed by atoms with van der Waals surface area (Å²) in [5.74, 6) is 0.152. The molecular formula is C30H44O9. The van der Waals surface area contributed by atoms with Crippen molar-refractivity contribution in [2.24, 2.45) is 34.5 Å². The van der Waals surface area contributed by atoms with Crippen LogP contribution in [0.5, 0.6) is 0 Å². The third-order valence-corrected chi connectivity index (χ3v) is 12.1. The molecule has 3 N–H and O–H groups in total. The molecule has 2 heterocycles. The van der Waals surface area contributed by atoms with E-state index < -0.39 is 41.7 Å². The van der Waals surface area contributed by atoms with Crippen molar-refractivity contribution in [2.45, 2.75) is 114 Å². The van der Waals surface area contributed by atoms with Crippen molar-refractivity contribution in [3.8, 4) is 0 Å². The molecule has 9 heteroatoms. The predicted octanol–water partition coefficient (Wildman–Crippen LogP) is 2.29. The fourth-order valence-electron chi connectivity index (χ4n) is 10.00. The fourth-order valence-corrected chi connectivity index (χ4v) is 10.00. The highest BCUT2D eigenvalue weighted by Gasteiger charge is 2.68. The smallest absolute Gasteiger partial charge is 0.331 e. The van der Waals surface area contributed by atoms with Crippen LogP contribution < -0.4 is 0 Å². The number of carbonyl (C=O) groups is 2. The van der Waals surface area contributed by atoms with Crippen molar-refractivity contribution in [3.05, 3.63) is 11.6 Å². The monoisotopic (exact) mass is 548 g/mol. The van der Waals surface area contributed by atoms with E-state index in [1.807, 2.05) is 0 Å². The number of carbonyl (C=O) groups excluding carboxylic acids is 2. The van der Waals surface area contributed by atoms with Gasteiger partial charge in [-0.25, -0.2) is 4.79 Å². The van der Waals surface area contributed by atoms with Gasteiger partial charge in [0.15, 0.2) is 6.29 Å². The van der Waals surface area contributed by atoms with Crippen LogP contribution in [0.1, 0.15) is 71.6 Å². The molecule has 4 aliphatic carbocycles. The molecule has 0 aromatic carbocycles. The van der Waals surface area contributed by atoms with Gasteiger partial charge in [0.1, 0.15) is 31.2 Å². The fraction of sp³-hybridized carbons (Fsp3) is 0.867. The Morgan fingerprint density at radius 2 is 1.85 bits per heavy atom. The number of aliphatic hydroxyl groups excluding tert-OH is 2. The topological polar surface area (TPSA) is 132 Å². The van der Waals surface area contributed by atoms with Crippen LogP contribution in [0.25, 0.3) is 0 Å². The van der Waals surface area contributed by atoms with Gasteiger partial charge in [0.05, 0.1) is 17.8 Å². The zero-order valence-corrected chi connectivity index (χ0v) is 23.3. The van der Waals surface area contributed by atoms with E-state index in [9.17, 15) is 24.9 Å². The van der Waals surface area contributed by atoms with Crippen molar-refractivity contribution < 1.29 is 43.9 Å². The molecule has 218 valence electrons. The lowest BCUT2D eigenvalue weighted by Crippen LogP contribution is -2.63. The minimum Gasteiger partial charge on any atom is -0.458 e. The van der Waals surface area contributed by atoms with Gasteiger partial charge in [-0.15, -0.1) is 0 Å². The van der Waals surface area contributed by atoms with Crippen molar-refractivity contribution in [1.29, 1.82) is 0 Å². The van der Waals surface area contributed by atoms with E-state index in [1.54, 1.807) is 13.0 Å². The molecule has 0 bridgehead atoms. The van der Waals surface area contributed by atoms with Gasteiger partial charge in [0.2, 0.25) is 0 Å². The standard InChI is InChI=1S/C30H44O9/c1-16-24(33)26(36-3)25(34)27(38-16)39-19-6-10-29(15-31)18(13-19)4-5-22-21(29)7-9-28(2)20(8-11-30(22,28)35)17-12-23(32)37-14-17/h12,15-16,18-22,24-27,33-35H,4-11,13-14H2,1-3H3/t16?,18-,19+,20+,21?,22?,24-,25?,26?,27-,28+,29+,30-/m0/s1. The molecule has 0 aromatic heterocycles. The summed E-state index contributed by atoms with van der Waals surface area (Å²) < 4.78 is 22.6. The number of ether oxygens (including phenoxy) is 4. The van der Waals surface area contributed by atoms with E-state index in [0.717, 1.165) is 37.7 Å². The van der Waals surface area contributed by atoms with Crippen LogP contribution in [-0.4, -0.2) is 83.7 Å². The Bertz CT molecular complexity index is 1010. The van der Waals surface area contributed by atoms with Crippen LogP contribution >= 0.6 is 0 Å². The van der Waals surface area contributed by atoms with Crippen LogP contribution in [0, 0.1) is 34.5 Å². The number of esters is 1. The van der Waals surface area contributed by atoms with Crippen LogP contribution in [0.15, 0.2) is 11.6 Å². The lowest BCUT2D eigenvalue weighted by molar-refractivity contribution is -0.312. The van der Waals surface area contributed by atoms with E-state index >= 15 is 0 Å². The Morgan fingerprint density at radius 3 is 2.54 bits per heavy atom. The number of rotatable bonds is 5. The summed E-state index contributed by atoms with van der Waals surface area (Å²) in [4.78, 5) is 24.8. The van der Waals surface area contributed by atoms with Gasteiger partial charge in [-0.1, -0.05) is 6.92 Å². The quantitative estimate of drug-likeness (QED) is 0.269. The maximum atomic E-state index is 13.0. The summed E-state index contributed by atoms with van der Waals surface area (Å²) in [6, 6.07) is 0. The lowest BCUT2D eigenvalue weighted by Gasteiger charge is -2.63. The molecule has 5 fully saturated rings. The van der Waals surface area contributed by atoms with Gasteiger partial charge in [-0.3, -0.25) is 0 Å². The van der Waals surface area contributed by atoms with Crippen molar-refractivity contribution in [3.63, 3.8) is 0 Å². The van der Waals surface area contributed by atoms with Crippen molar-refractivity contribution in [2.75, 3.05) is 13.7 Å². The van der Waals surface area contributed by atoms with Crippen LogP contribution in [0.3, 0.4) is 0 Å². The van der Waals surface area contributed by atoms with Gasteiger partial charge < -0.3 is 39.1 Å². The van der Waals surface area contributed by atoms with E-state index in [1.165, 1.54) is 13.4 Å². The zero-order valence-electron chi connectivity index (χ0n) is 23.3. The van der Waals surface area contributed by atoms with Gasteiger partial charge in [0, 0.05) is 24.0 Å². The first-order chi connectivity index (χ1) is 18.6. The molecule has 5 unspecified atom stereocenters. The molecule has 6 rings (SSSR count). The average molecular weight is 549 g/mol. The summed E-state index contributed by atoms with van der Waals surface area (Å²) in [5, 5.41) is 33.4. The summed E-state index contributed by atoms with van der Waals surface area (Å²) in [5.41, 5.74) is -0.682. The summed E-state index contributed by atoms with van der Waals surface area (Å²) in [6.07, 6.45) is 5.39. The third kappa shape index (κ3) is 4.02. The number of fused-ring (bicyclic) bond motifs is 5. The Morgan fingerprint density at radius 1 is 1.05 bits per heavy atom. The first-order valence-electron chi connectivity index (χ1n) is 14.8. The highest BCUT2D eigenvalue weighted by atomic mass is 16.7. The van der Waals surface area contributed by atoms with Crippen molar-refractivity contribution >= 4 is 12.3 Å². The van der Waals surface area contributed by atoms with E-state index in [4.69, 9.17) is 18.9 Å². The second kappa shape index (κ2) is 9.88. The molecule has 4 saturated carbocycles. The van der Waals surface area contributed by atoms with Gasteiger partial charge >= 0.3 is 5.97 Å². The van der Waals surface area contributed by atoms with E-state index in [0.29, 0.717) is 32.3 Å². The summed E-state index contributed by atoms with van der Waals surface area (Å²) >= 11 is 0. The molecule has 1 saturated heterocycles. The number of aliphatic hydroxyl groups is 3. The van der Waals surface area contributed by atoms with Gasteiger partial charge in [-0.2, -0.15) is 0 Å². The Balaban J connectivity index is 1.18. The van der Waals surface area contributed by atoms with E-state index in [2.05, 4.69) is 6.92 Å². The summed E-state index contributed by atoms with van der Waals surface area (Å²) in [6.45, 7) is 4.25. The Kier molecular flexibility index (Phi) is 7.04. The number of hydrogen-bond donors (Lipinski definition) is 3. The molecule has 6 aliphatic rings.